The van der Waals surface area contributed by atoms with Crippen molar-refractivity contribution in [1.82, 2.24) is 5.32 Å². The van der Waals surface area contributed by atoms with Crippen molar-refractivity contribution < 1.29 is 18.0 Å². The second-order valence-electron chi connectivity index (χ2n) is 3.39. The highest BCUT2D eigenvalue weighted by Gasteiger charge is 2.24. The van der Waals surface area contributed by atoms with Gasteiger partial charge in [-0.2, -0.15) is 13.2 Å². The van der Waals surface area contributed by atoms with E-state index in [2.05, 4.69) is 5.32 Å². The van der Waals surface area contributed by atoms with E-state index in [1.165, 1.54) is 13.1 Å². The minimum Gasteiger partial charge on any atom is -0.355 e. The van der Waals surface area contributed by atoms with Crippen LogP contribution in [0.25, 0.3) is 6.08 Å². The molecule has 1 aromatic carbocycles. The van der Waals surface area contributed by atoms with Gasteiger partial charge in [-0.15, -0.1) is 0 Å². The van der Waals surface area contributed by atoms with Crippen LogP contribution in [-0.2, 0) is 0 Å². The number of alkyl halides is 3. The number of hydrogen-bond donors (Lipinski definition) is 1. The minimum atomic E-state index is -4.22. The van der Waals surface area contributed by atoms with Gasteiger partial charge in [0.1, 0.15) is 0 Å². The molecular formula is C12H12F3NO. The van der Waals surface area contributed by atoms with Crippen LogP contribution in [0.4, 0.5) is 13.2 Å². The van der Waals surface area contributed by atoms with E-state index in [0.717, 1.165) is 6.08 Å². The summed E-state index contributed by atoms with van der Waals surface area (Å²) in [7, 11) is 1.47. The van der Waals surface area contributed by atoms with Gasteiger partial charge in [0.25, 0.3) is 5.91 Å². The minimum absolute atomic E-state index is 0.322. The molecule has 0 spiro atoms. The Morgan fingerprint density at radius 1 is 1.35 bits per heavy atom. The molecule has 0 aliphatic rings. The largest absolute Gasteiger partial charge is 0.392 e. The van der Waals surface area contributed by atoms with E-state index < -0.39 is 12.6 Å². The number of halogens is 3. The lowest BCUT2D eigenvalue weighted by atomic mass is 10.1. The summed E-state index contributed by atoms with van der Waals surface area (Å²) in [5.74, 6) is -0.322. The number of hydrogen-bond acceptors (Lipinski definition) is 1. The number of carbonyl (C=O) groups is 1. The number of carbonyl (C=O) groups excluding carboxylic acids is 1. The van der Waals surface area contributed by atoms with Crippen LogP contribution in [0.15, 0.2) is 30.3 Å². The monoisotopic (exact) mass is 243 g/mol. The number of allylic oxidation sites excluding steroid dienone is 1. The Bertz CT molecular complexity index is 424. The summed E-state index contributed by atoms with van der Waals surface area (Å²) >= 11 is 0. The van der Waals surface area contributed by atoms with E-state index in [-0.39, 0.29) is 5.91 Å². The van der Waals surface area contributed by atoms with E-state index in [9.17, 15) is 18.0 Å². The summed E-state index contributed by atoms with van der Waals surface area (Å²) in [6.45, 7) is 0. The molecule has 2 nitrogen and oxygen atoms in total. The SMILES string of the molecule is CNC(=O)c1ccccc1/C=C/CC(F)(F)F. The molecule has 0 saturated heterocycles. The van der Waals surface area contributed by atoms with Crippen molar-refractivity contribution in [2.24, 2.45) is 0 Å². The maximum absolute atomic E-state index is 12.0. The van der Waals surface area contributed by atoms with Crippen molar-refractivity contribution in [1.29, 1.82) is 0 Å². The Labute approximate surface area is 97.1 Å². The van der Waals surface area contributed by atoms with Gasteiger partial charge >= 0.3 is 6.18 Å². The lowest BCUT2D eigenvalue weighted by molar-refractivity contribution is -0.124. The first-order chi connectivity index (χ1) is 7.94. The fourth-order valence-electron chi connectivity index (χ4n) is 1.30. The number of nitrogens with one attached hydrogen (secondary N) is 1. The summed E-state index contributed by atoms with van der Waals surface area (Å²) in [5, 5.41) is 2.43. The normalized spacial score (nSPS) is 11.8. The molecule has 5 heteroatoms. The van der Waals surface area contributed by atoms with E-state index in [4.69, 9.17) is 0 Å². The smallest absolute Gasteiger partial charge is 0.355 e. The predicted molar refractivity (Wildman–Crippen MR) is 59.5 cm³/mol. The number of rotatable bonds is 3. The first kappa shape index (κ1) is 13.3. The van der Waals surface area contributed by atoms with Crippen molar-refractivity contribution in [2.75, 3.05) is 7.05 Å². The second-order valence-corrected chi connectivity index (χ2v) is 3.39. The zero-order chi connectivity index (χ0) is 12.9. The van der Waals surface area contributed by atoms with Crippen LogP contribution in [0.2, 0.25) is 0 Å². The molecule has 1 N–H and O–H groups in total. The van der Waals surface area contributed by atoms with Crippen LogP contribution < -0.4 is 5.32 Å². The van der Waals surface area contributed by atoms with Gasteiger partial charge in [0.05, 0.1) is 6.42 Å². The highest BCUT2D eigenvalue weighted by molar-refractivity contribution is 5.97. The lowest BCUT2D eigenvalue weighted by Gasteiger charge is -2.04. The second kappa shape index (κ2) is 5.52. The highest BCUT2D eigenvalue weighted by atomic mass is 19.4. The Morgan fingerprint density at radius 3 is 2.59 bits per heavy atom. The van der Waals surface area contributed by atoms with Crippen LogP contribution in [0.3, 0.4) is 0 Å². The number of amides is 1. The first-order valence-corrected chi connectivity index (χ1v) is 4.98. The van der Waals surface area contributed by atoms with Gasteiger partial charge in [-0.3, -0.25) is 4.79 Å². The topological polar surface area (TPSA) is 29.1 Å². The molecule has 0 radical (unpaired) electrons. The van der Waals surface area contributed by atoms with Crippen LogP contribution in [0, 0.1) is 0 Å². The van der Waals surface area contributed by atoms with Gasteiger partial charge in [-0.1, -0.05) is 30.4 Å². The number of benzene rings is 1. The molecule has 1 aromatic rings. The molecule has 0 aromatic heterocycles. The Kier molecular flexibility index (Phi) is 4.31. The van der Waals surface area contributed by atoms with Crippen LogP contribution in [-0.4, -0.2) is 19.1 Å². The van der Waals surface area contributed by atoms with Gasteiger partial charge < -0.3 is 5.32 Å². The lowest BCUT2D eigenvalue weighted by Crippen LogP contribution is -2.18. The molecule has 0 bridgehead atoms. The predicted octanol–water partition coefficient (Wildman–Crippen LogP) is 3.01. The van der Waals surface area contributed by atoms with Gasteiger partial charge in [-0.25, -0.2) is 0 Å². The van der Waals surface area contributed by atoms with Crippen LogP contribution in [0.5, 0.6) is 0 Å². The molecule has 17 heavy (non-hydrogen) atoms. The van der Waals surface area contributed by atoms with Crippen LogP contribution >= 0.6 is 0 Å². The van der Waals surface area contributed by atoms with E-state index in [1.54, 1.807) is 24.3 Å². The quantitative estimate of drug-likeness (QED) is 0.868. The van der Waals surface area contributed by atoms with Gasteiger partial charge in [0.2, 0.25) is 0 Å². The summed E-state index contributed by atoms with van der Waals surface area (Å²) < 4.78 is 35.9. The van der Waals surface area contributed by atoms with Gasteiger partial charge in [0.15, 0.2) is 0 Å². The highest BCUT2D eigenvalue weighted by Crippen LogP contribution is 2.21. The zero-order valence-corrected chi connectivity index (χ0v) is 9.21. The summed E-state index contributed by atoms with van der Waals surface area (Å²) in [4.78, 5) is 11.4. The van der Waals surface area contributed by atoms with Gasteiger partial charge in [0, 0.05) is 12.6 Å². The molecule has 0 aliphatic carbocycles. The molecule has 0 saturated carbocycles. The summed E-state index contributed by atoms with van der Waals surface area (Å²) in [6, 6.07) is 6.48. The molecule has 0 heterocycles. The van der Waals surface area contributed by atoms with Crippen molar-refractivity contribution >= 4 is 12.0 Å². The third-order valence-electron chi connectivity index (χ3n) is 2.08. The molecule has 92 valence electrons. The Balaban J connectivity index is 2.87. The molecule has 0 unspecified atom stereocenters. The fourth-order valence-corrected chi connectivity index (χ4v) is 1.30. The average Bonchev–Trinajstić information content (AvgIpc) is 2.27. The molecule has 0 atom stereocenters. The molecular weight excluding hydrogens is 231 g/mol. The van der Waals surface area contributed by atoms with Crippen molar-refractivity contribution in [3.8, 4) is 0 Å². The molecule has 1 rings (SSSR count). The maximum atomic E-state index is 12.0. The van der Waals surface area contributed by atoms with Crippen molar-refractivity contribution in [2.45, 2.75) is 12.6 Å². The summed E-state index contributed by atoms with van der Waals surface area (Å²) in [6.07, 6.45) is -2.92. The van der Waals surface area contributed by atoms with Crippen LogP contribution in [0.1, 0.15) is 22.3 Å². The fraction of sp³-hybridized carbons (Fsp3) is 0.250. The molecule has 0 fully saturated rings. The van der Waals surface area contributed by atoms with Crippen molar-refractivity contribution in [3.05, 3.63) is 41.5 Å². The van der Waals surface area contributed by atoms with Gasteiger partial charge in [-0.05, 0) is 11.6 Å². The Morgan fingerprint density at radius 2 is 2.00 bits per heavy atom. The average molecular weight is 243 g/mol. The maximum Gasteiger partial charge on any atom is 0.392 e. The molecule has 1 amide bonds. The third-order valence-corrected chi connectivity index (χ3v) is 2.08. The molecule has 0 aliphatic heterocycles. The zero-order valence-electron chi connectivity index (χ0n) is 9.21. The summed E-state index contributed by atoms with van der Waals surface area (Å²) in [5.41, 5.74) is 0.824. The standard InChI is InChI=1S/C12H12F3NO/c1-16-11(17)10-7-3-2-5-9(10)6-4-8-12(13,14)15/h2-7H,8H2,1H3,(H,16,17)/b6-4+. The van der Waals surface area contributed by atoms with E-state index in [0.29, 0.717) is 11.1 Å². The third kappa shape index (κ3) is 4.30. The van der Waals surface area contributed by atoms with Crippen molar-refractivity contribution in [3.63, 3.8) is 0 Å². The Hall–Kier alpha value is -1.78. The van der Waals surface area contributed by atoms with E-state index >= 15 is 0 Å². The van der Waals surface area contributed by atoms with E-state index in [1.807, 2.05) is 0 Å². The first-order valence-electron chi connectivity index (χ1n) is 4.98.